The molecule has 0 aliphatic heterocycles. The van der Waals surface area contributed by atoms with Gasteiger partial charge in [0.2, 0.25) is 5.91 Å². The minimum Gasteiger partial charge on any atom is -0.375 e. The summed E-state index contributed by atoms with van der Waals surface area (Å²) in [7, 11) is 3.31. The maximum Gasteiger partial charge on any atom is 0.248 e. The van der Waals surface area contributed by atoms with Gasteiger partial charge in [-0.05, 0) is 6.42 Å². The third kappa shape index (κ3) is 3.45. The average molecular weight is 145 g/mol. The van der Waals surface area contributed by atoms with Crippen LogP contribution in [0.15, 0.2) is 0 Å². The first kappa shape index (κ1) is 9.43. The van der Waals surface area contributed by atoms with Gasteiger partial charge in [-0.3, -0.25) is 4.79 Å². The number of carbonyl (C=O) groups is 1. The number of hydrogen-bond acceptors (Lipinski definition) is 2. The summed E-state index contributed by atoms with van der Waals surface area (Å²) in [6, 6.07) is 0. The Morgan fingerprint density at radius 2 is 2.20 bits per heavy atom. The second kappa shape index (κ2) is 5.23. The molecular formula is C7H15NO2. The van der Waals surface area contributed by atoms with E-state index in [-0.39, 0.29) is 12.5 Å². The van der Waals surface area contributed by atoms with Crippen molar-refractivity contribution < 1.29 is 9.53 Å². The van der Waals surface area contributed by atoms with Gasteiger partial charge >= 0.3 is 0 Å². The minimum absolute atomic E-state index is 0.0457. The van der Waals surface area contributed by atoms with Crippen LogP contribution in [0.3, 0.4) is 0 Å². The van der Waals surface area contributed by atoms with Crippen LogP contribution in [0.5, 0.6) is 0 Å². The molecule has 0 spiro atoms. The Hall–Kier alpha value is -0.570. The maximum atomic E-state index is 10.9. The van der Waals surface area contributed by atoms with Crippen molar-refractivity contribution in [3.63, 3.8) is 0 Å². The van der Waals surface area contributed by atoms with E-state index in [0.29, 0.717) is 0 Å². The molecule has 0 N–H and O–H groups in total. The van der Waals surface area contributed by atoms with E-state index in [4.69, 9.17) is 0 Å². The molecule has 1 amide bonds. The fourth-order valence-corrected chi connectivity index (χ4v) is 0.694. The molecular weight excluding hydrogens is 130 g/mol. The molecule has 0 fully saturated rings. The van der Waals surface area contributed by atoms with Crippen LogP contribution in [-0.4, -0.2) is 38.1 Å². The lowest BCUT2D eigenvalue weighted by Gasteiger charge is -2.14. The largest absolute Gasteiger partial charge is 0.375 e. The van der Waals surface area contributed by atoms with E-state index in [1.165, 1.54) is 7.11 Å². The molecule has 0 aliphatic rings. The fraction of sp³-hybridized carbons (Fsp3) is 0.857. The van der Waals surface area contributed by atoms with E-state index >= 15 is 0 Å². The maximum absolute atomic E-state index is 10.9. The Morgan fingerprint density at radius 3 is 2.60 bits per heavy atom. The summed E-state index contributed by atoms with van der Waals surface area (Å²) < 4.78 is 4.68. The monoisotopic (exact) mass is 145 g/mol. The van der Waals surface area contributed by atoms with Crippen LogP contribution in [0.1, 0.15) is 13.3 Å². The highest BCUT2D eigenvalue weighted by Crippen LogP contribution is 1.87. The summed E-state index contributed by atoms with van der Waals surface area (Å²) >= 11 is 0. The van der Waals surface area contributed by atoms with Crippen LogP contribution >= 0.6 is 0 Å². The van der Waals surface area contributed by atoms with Gasteiger partial charge in [0, 0.05) is 20.7 Å². The zero-order chi connectivity index (χ0) is 7.98. The van der Waals surface area contributed by atoms with Crippen molar-refractivity contribution in [2.75, 3.05) is 27.3 Å². The minimum atomic E-state index is 0.0457. The predicted octanol–water partition coefficient (Wildman–Crippen LogP) is 0.501. The number of hydrogen-bond donors (Lipinski definition) is 0. The SMILES string of the molecule is CCCN(C)C(=O)COC. The molecule has 0 aromatic heterocycles. The summed E-state index contributed by atoms with van der Waals surface area (Å²) in [5.41, 5.74) is 0. The lowest BCUT2D eigenvalue weighted by molar-refractivity contribution is -0.133. The standard InChI is InChI=1S/C7H15NO2/c1-4-5-8(2)7(9)6-10-3/h4-6H2,1-3H3. The highest BCUT2D eigenvalue weighted by molar-refractivity contribution is 5.77. The Labute approximate surface area is 62.0 Å². The van der Waals surface area contributed by atoms with E-state index in [1.807, 2.05) is 6.92 Å². The second-order valence-corrected chi connectivity index (χ2v) is 2.25. The van der Waals surface area contributed by atoms with Crippen LogP contribution in [0.2, 0.25) is 0 Å². The van der Waals surface area contributed by atoms with Crippen molar-refractivity contribution in [2.45, 2.75) is 13.3 Å². The normalized spacial score (nSPS) is 9.50. The number of methoxy groups -OCH3 is 1. The highest BCUT2D eigenvalue weighted by atomic mass is 16.5. The number of likely N-dealkylation sites (N-methyl/N-ethyl adjacent to an activating group) is 1. The van der Waals surface area contributed by atoms with Gasteiger partial charge in [0.25, 0.3) is 0 Å². The summed E-state index contributed by atoms with van der Waals surface area (Å²) in [6.07, 6.45) is 0.992. The lowest BCUT2D eigenvalue weighted by atomic mass is 10.4. The first-order valence-corrected chi connectivity index (χ1v) is 3.45. The first-order valence-electron chi connectivity index (χ1n) is 3.45. The number of nitrogens with zero attached hydrogens (tertiary/aromatic N) is 1. The first-order chi connectivity index (χ1) is 4.72. The Bertz CT molecular complexity index is 104. The Morgan fingerprint density at radius 1 is 1.60 bits per heavy atom. The molecule has 0 aliphatic carbocycles. The van der Waals surface area contributed by atoms with Crippen molar-refractivity contribution >= 4 is 5.91 Å². The molecule has 0 aromatic rings. The topological polar surface area (TPSA) is 29.5 Å². The van der Waals surface area contributed by atoms with E-state index < -0.39 is 0 Å². The molecule has 3 heteroatoms. The molecule has 0 heterocycles. The van der Waals surface area contributed by atoms with Crippen molar-refractivity contribution in [1.82, 2.24) is 4.90 Å². The van der Waals surface area contributed by atoms with E-state index in [2.05, 4.69) is 4.74 Å². The molecule has 0 atom stereocenters. The number of amides is 1. The van der Waals surface area contributed by atoms with Crippen molar-refractivity contribution in [3.05, 3.63) is 0 Å². The van der Waals surface area contributed by atoms with Crippen LogP contribution in [0, 0.1) is 0 Å². The molecule has 0 rings (SSSR count). The molecule has 60 valence electrons. The molecule has 0 saturated heterocycles. The van der Waals surface area contributed by atoms with Gasteiger partial charge in [-0.15, -0.1) is 0 Å². The van der Waals surface area contributed by atoms with Crippen LogP contribution in [0.25, 0.3) is 0 Å². The number of ether oxygens (including phenoxy) is 1. The highest BCUT2D eigenvalue weighted by Gasteiger charge is 2.04. The Kier molecular flexibility index (Phi) is 4.94. The summed E-state index contributed by atoms with van der Waals surface area (Å²) in [5, 5.41) is 0. The van der Waals surface area contributed by atoms with Gasteiger partial charge in [-0.25, -0.2) is 0 Å². The smallest absolute Gasteiger partial charge is 0.248 e. The molecule has 10 heavy (non-hydrogen) atoms. The third-order valence-corrected chi connectivity index (χ3v) is 1.25. The molecule has 0 bridgehead atoms. The summed E-state index contributed by atoms with van der Waals surface area (Å²) in [4.78, 5) is 12.6. The van der Waals surface area contributed by atoms with Gasteiger partial charge in [0.15, 0.2) is 0 Å². The fourth-order valence-electron chi connectivity index (χ4n) is 0.694. The molecule has 0 radical (unpaired) electrons. The van der Waals surface area contributed by atoms with Crippen LogP contribution < -0.4 is 0 Å². The van der Waals surface area contributed by atoms with Crippen LogP contribution in [0.4, 0.5) is 0 Å². The van der Waals surface area contributed by atoms with Gasteiger partial charge in [-0.2, -0.15) is 0 Å². The molecule has 0 aromatic carbocycles. The van der Waals surface area contributed by atoms with Gasteiger partial charge in [0.05, 0.1) is 0 Å². The molecule has 0 saturated carbocycles. The summed E-state index contributed by atoms with van der Waals surface area (Å²) in [6.45, 7) is 3.04. The van der Waals surface area contributed by atoms with Gasteiger partial charge in [0.1, 0.15) is 6.61 Å². The summed E-state index contributed by atoms with van der Waals surface area (Å²) in [5.74, 6) is 0.0457. The number of carbonyl (C=O) groups excluding carboxylic acids is 1. The van der Waals surface area contributed by atoms with Gasteiger partial charge < -0.3 is 9.64 Å². The van der Waals surface area contributed by atoms with E-state index in [0.717, 1.165) is 13.0 Å². The lowest BCUT2D eigenvalue weighted by Crippen LogP contribution is -2.30. The van der Waals surface area contributed by atoms with Gasteiger partial charge in [-0.1, -0.05) is 6.92 Å². The zero-order valence-electron chi connectivity index (χ0n) is 6.89. The Balaban J connectivity index is 3.49. The predicted molar refractivity (Wildman–Crippen MR) is 39.8 cm³/mol. The molecule has 3 nitrogen and oxygen atoms in total. The van der Waals surface area contributed by atoms with Crippen LogP contribution in [-0.2, 0) is 9.53 Å². The quantitative estimate of drug-likeness (QED) is 0.576. The van der Waals surface area contributed by atoms with E-state index in [1.54, 1.807) is 11.9 Å². The van der Waals surface area contributed by atoms with E-state index in [9.17, 15) is 4.79 Å². The van der Waals surface area contributed by atoms with Crippen molar-refractivity contribution in [1.29, 1.82) is 0 Å². The van der Waals surface area contributed by atoms with Crippen molar-refractivity contribution in [3.8, 4) is 0 Å². The molecule has 0 unspecified atom stereocenters. The average Bonchev–Trinajstić information content (AvgIpc) is 1.89. The second-order valence-electron chi connectivity index (χ2n) is 2.25. The zero-order valence-corrected chi connectivity index (χ0v) is 6.89. The van der Waals surface area contributed by atoms with Crippen molar-refractivity contribution in [2.24, 2.45) is 0 Å². The number of rotatable bonds is 4. The third-order valence-electron chi connectivity index (χ3n) is 1.25.